The second-order valence-electron chi connectivity index (χ2n) is 6.48. The number of halogens is 4. The number of carbonyl (C=O) groups excluding carboxylic acids is 2. The number of pyridine rings is 1. The van der Waals surface area contributed by atoms with Gasteiger partial charge in [0.2, 0.25) is 11.8 Å². The Morgan fingerprint density at radius 2 is 1.93 bits per heavy atom. The van der Waals surface area contributed by atoms with E-state index in [2.05, 4.69) is 31.5 Å². The molecule has 1 saturated carbocycles. The van der Waals surface area contributed by atoms with Gasteiger partial charge >= 0.3 is 6.18 Å². The lowest BCUT2D eigenvalue weighted by Gasteiger charge is -2.15. The molecule has 0 aliphatic heterocycles. The summed E-state index contributed by atoms with van der Waals surface area (Å²) in [4.78, 5) is 27.5. The van der Waals surface area contributed by atoms with Gasteiger partial charge in [0, 0.05) is 4.47 Å². The first-order valence-corrected chi connectivity index (χ1v) is 9.08. The van der Waals surface area contributed by atoms with Crippen molar-refractivity contribution in [3.8, 4) is 0 Å². The second-order valence-corrected chi connectivity index (χ2v) is 7.40. The summed E-state index contributed by atoms with van der Waals surface area (Å²) >= 11 is 3.04. The Kier molecular flexibility index (Phi) is 5.33. The zero-order valence-corrected chi connectivity index (χ0v) is 16.0. The predicted octanol–water partition coefficient (Wildman–Crippen LogP) is 3.49. The summed E-state index contributed by atoms with van der Waals surface area (Å²) in [7, 11) is 0. The molecule has 0 spiro atoms. The van der Waals surface area contributed by atoms with E-state index in [-0.39, 0.29) is 12.2 Å². The van der Waals surface area contributed by atoms with Crippen molar-refractivity contribution in [3.05, 3.63) is 52.3 Å². The van der Waals surface area contributed by atoms with E-state index in [4.69, 9.17) is 5.73 Å². The number of hydrogen-bond donors (Lipinski definition) is 3. The standard InChI is InChI=1S/C18H16BrF3N4O2/c19-10-1-4-14(13(7-10)18(20,21)22)26-12-3-2-11(24-9-12)8-25-16(28)17(5-6-17)15(23)27/h1-4,7,9,26H,5-6,8H2,(H2,23,27)(H,25,28). The van der Waals surface area contributed by atoms with Crippen LogP contribution in [0.5, 0.6) is 0 Å². The van der Waals surface area contributed by atoms with Crippen LogP contribution in [0.25, 0.3) is 0 Å². The Hall–Kier alpha value is -2.62. The smallest absolute Gasteiger partial charge is 0.369 e. The van der Waals surface area contributed by atoms with Gasteiger partial charge in [0.15, 0.2) is 0 Å². The fraction of sp³-hybridized carbons (Fsp3) is 0.278. The summed E-state index contributed by atoms with van der Waals surface area (Å²) in [5.41, 5.74) is 4.07. The highest BCUT2D eigenvalue weighted by molar-refractivity contribution is 9.10. The highest BCUT2D eigenvalue weighted by Gasteiger charge is 2.55. The fourth-order valence-corrected chi connectivity index (χ4v) is 3.03. The third kappa shape index (κ3) is 4.27. The van der Waals surface area contributed by atoms with Gasteiger partial charge in [0.1, 0.15) is 5.41 Å². The molecule has 10 heteroatoms. The van der Waals surface area contributed by atoms with Gasteiger partial charge in [-0.3, -0.25) is 14.6 Å². The molecule has 28 heavy (non-hydrogen) atoms. The van der Waals surface area contributed by atoms with E-state index >= 15 is 0 Å². The molecule has 1 aliphatic rings. The third-order valence-corrected chi connectivity index (χ3v) is 4.97. The lowest BCUT2D eigenvalue weighted by Crippen LogP contribution is -2.40. The number of alkyl halides is 3. The minimum absolute atomic E-state index is 0.0836. The Labute approximate surface area is 166 Å². The molecule has 2 amide bonds. The van der Waals surface area contributed by atoms with Crippen molar-refractivity contribution in [2.24, 2.45) is 11.1 Å². The first-order chi connectivity index (χ1) is 13.1. The number of nitrogens with two attached hydrogens (primary N) is 1. The van der Waals surface area contributed by atoms with E-state index in [1.807, 2.05) is 0 Å². The first-order valence-electron chi connectivity index (χ1n) is 8.29. The molecule has 1 aromatic heterocycles. The number of benzene rings is 1. The van der Waals surface area contributed by atoms with Gasteiger partial charge < -0.3 is 16.4 Å². The number of amides is 2. The van der Waals surface area contributed by atoms with Crippen molar-refractivity contribution in [2.75, 3.05) is 5.32 Å². The monoisotopic (exact) mass is 456 g/mol. The lowest BCUT2D eigenvalue weighted by atomic mass is 10.1. The average Bonchev–Trinajstić information content (AvgIpc) is 3.43. The number of nitrogens with one attached hydrogen (secondary N) is 2. The molecule has 1 aliphatic carbocycles. The van der Waals surface area contributed by atoms with E-state index in [1.165, 1.54) is 18.3 Å². The van der Waals surface area contributed by atoms with E-state index in [0.29, 0.717) is 28.7 Å². The minimum Gasteiger partial charge on any atom is -0.369 e. The number of anilines is 2. The molecule has 0 atom stereocenters. The zero-order chi connectivity index (χ0) is 20.5. The largest absolute Gasteiger partial charge is 0.418 e. The Bertz CT molecular complexity index is 912. The van der Waals surface area contributed by atoms with E-state index < -0.39 is 29.0 Å². The number of primary amides is 1. The molecule has 0 saturated heterocycles. The fourth-order valence-electron chi connectivity index (χ4n) is 2.67. The zero-order valence-electron chi connectivity index (χ0n) is 14.4. The second kappa shape index (κ2) is 7.42. The van der Waals surface area contributed by atoms with Crippen LogP contribution in [-0.2, 0) is 22.3 Å². The molecule has 6 nitrogen and oxygen atoms in total. The topological polar surface area (TPSA) is 97.1 Å². The number of nitrogens with zero attached hydrogens (tertiary/aromatic N) is 1. The number of rotatable bonds is 6. The van der Waals surface area contributed by atoms with Gasteiger partial charge in [-0.15, -0.1) is 0 Å². The first kappa shape index (κ1) is 20.1. The molecule has 0 radical (unpaired) electrons. The Morgan fingerprint density at radius 3 is 2.46 bits per heavy atom. The molecule has 2 aromatic rings. The van der Waals surface area contributed by atoms with Crippen LogP contribution in [0.1, 0.15) is 24.1 Å². The van der Waals surface area contributed by atoms with Crippen LogP contribution < -0.4 is 16.4 Å². The molecular formula is C18H16BrF3N4O2. The molecule has 1 fully saturated rings. The third-order valence-electron chi connectivity index (χ3n) is 4.48. The quantitative estimate of drug-likeness (QED) is 0.579. The van der Waals surface area contributed by atoms with E-state index in [0.717, 1.165) is 6.07 Å². The molecule has 1 heterocycles. The van der Waals surface area contributed by atoms with Crippen molar-refractivity contribution in [1.29, 1.82) is 0 Å². The molecular weight excluding hydrogens is 441 g/mol. The van der Waals surface area contributed by atoms with Gasteiger partial charge in [-0.2, -0.15) is 13.2 Å². The summed E-state index contributed by atoms with van der Waals surface area (Å²) in [5, 5.41) is 5.31. The van der Waals surface area contributed by atoms with Crippen molar-refractivity contribution in [3.63, 3.8) is 0 Å². The molecule has 0 unspecified atom stereocenters. The maximum atomic E-state index is 13.2. The maximum absolute atomic E-state index is 13.2. The summed E-state index contributed by atoms with van der Waals surface area (Å²) in [6.45, 7) is 0.0836. The van der Waals surface area contributed by atoms with Crippen LogP contribution in [0.3, 0.4) is 0 Å². The number of carbonyl (C=O) groups is 2. The van der Waals surface area contributed by atoms with Crippen LogP contribution in [0.4, 0.5) is 24.5 Å². The van der Waals surface area contributed by atoms with Crippen LogP contribution >= 0.6 is 15.9 Å². The molecule has 4 N–H and O–H groups in total. The van der Waals surface area contributed by atoms with Crippen molar-refractivity contribution >= 4 is 39.1 Å². The highest BCUT2D eigenvalue weighted by Crippen LogP contribution is 2.45. The van der Waals surface area contributed by atoms with Gasteiger partial charge in [-0.05, 0) is 43.2 Å². The summed E-state index contributed by atoms with van der Waals surface area (Å²) < 4.78 is 39.9. The maximum Gasteiger partial charge on any atom is 0.418 e. The van der Waals surface area contributed by atoms with Gasteiger partial charge in [-0.25, -0.2) is 0 Å². The van der Waals surface area contributed by atoms with Crippen molar-refractivity contribution < 1.29 is 22.8 Å². The van der Waals surface area contributed by atoms with Gasteiger partial charge in [0.05, 0.1) is 35.4 Å². The summed E-state index contributed by atoms with van der Waals surface area (Å²) in [6, 6.07) is 6.93. The molecule has 3 rings (SSSR count). The van der Waals surface area contributed by atoms with Crippen molar-refractivity contribution in [2.45, 2.75) is 25.6 Å². The van der Waals surface area contributed by atoms with E-state index in [1.54, 1.807) is 12.1 Å². The van der Waals surface area contributed by atoms with Crippen LogP contribution in [0.15, 0.2) is 41.0 Å². The highest BCUT2D eigenvalue weighted by atomic mass is 79.9. The van der Waals surface area contributed by atoms with Gasteiger partial charge in [-0.1, -0.05) is 15.9 Å². The molecule has 148 valence electrons. The number of aromatic nitrogens is 1. The average molecular weight is 457 g/mol. The normalized spacial score (nSPS) is 15.0. The van der Waals surface area contributed by atoms with Crippen LogP contribution in [-0.4, -0.2) is 16.8 Å². The van der Waals surface area contributed by atoms with E-state index in [9.17, 15) is 22.8 Å². The molecule has 1 aromatic carbocycles. The lowest BCUT2D eigenvalue weighted by molar-refractivity contribution is -0.137. The molecule has 0 bridgehead atoms. The summed E-state index contributed by atoms with van der Waals surface area (Å²) in [5.74, 6) is -1.08. The van der Waals surface area contributed by atoms with Crippen LogP contribution in [0.2, 0.25) is 0 Å². The Balaban J connectivity index is 1.66. The number of hydrogen-bond acceptors (Lipinski definition) is 4. The summed E-state index contributed by atoms with van der Waals surface area (Å²) in [6.07, 6.45) is -2.29. The Morgan fingerprint density at radius 1 is 1.21 bits per heavy atom. The SMILES string of the molecule is NC(=O)C1(C(=O)NCc2ccc(Nc3ccc(Br)cc3C(F)(F)F)cn2)CC1. The van der Waals surface area contributed by atoms with Crippen LogP contribution in [0, 0.1) is 5.41 Å². The van der Waals surface area contributed by atoms with Gasteiger partial charge in [0.25, 0.3) is 0 Å². The van der Waals surface area contributed by atoms with Crippen molar-refractivity contribution in [1.82, 2.24) is 10.3 Å². The predicted molar refractivity (Wildman–Crippen MR) is 99.4 cm³/mol. The minimum atomic E-state index is -4.51.